The molecule has 0 bridgehead atoms. The second-order valence-corrected chi connectivity index (χ2v) is 5.61. The van der Waals surface area contributed by atoms with Crippen molar-refractivity contribution in [3.05, 3.63) is 29.8 Å². The van der Waals surface area contributed by atoms with Gasteiger partial charge in [0.2, 0.25) is 0 Å². The average Bonchev–Trinajstić information content (AvgIpc) is 2.15. The van der Waals surface area contributed by atoms with Crippen molar-refractivity contribution in [2.45, 2.75) is 24.4 Å². The van der Waals surface area contributed by atoms with Crippen molar-refractivity contribution in [1.29, 1.82) is 0 Å². The molecule has 6 heteroatoms. The number of benzene rings is 1. The van der Waals surface area contributed by atoms with Gasteiger partial charge in [-0.1, -0.05) is 17.7 Å². The second kappa shape index (κ2) is 4.45. The number of aryl methyl sites for hydroxylation is 1. The van der Waals surface area contributed by atoms with Crippen LogP contribution in [0.15, 0.2) is 29.2 Å². The lowest BCUT2D eigenvalue weighted by Crippen LogP contribution is -2.16. The van der Waals surface area contributed by atoms with Crippen molar-refractivity contribution < 1.29 is 21.6 Å². The first-order chi connectivity index (χ1) is 7.21. The minimum absolute atomic E-state index is 0.0673. The molecule has 2 nitrogen and oxygen atoms in total. The van der Waals surface area contributed by atoms with Crippen molar-refractivity contribution in [2.24, 2.45) is 0 Å². The summed E-state index contributed by atoms with van der Waals surface area (Å²) in [4.78, 5) is -0.0673. The standard InChI is InChI=1S/C10H11F3O2S/c1-8-2-4-9(5-3-8)16(14,15)7-6-10(11,12)13/h2-5H,6-7H2,1H3. The highest BCUT2D eigenvalue weighted by Crippen LogP contribution is 2.22. The van der Waals surface area contributed by atoms with E-state index in [1.54, 1.807) is 19.1 Å². The van der Waals surface area contributed by atoms with E-state index in [-0.39, 0.29) is 4.90 Å². The Labute approximate surface area is 92.0 Å². The molecule has 0 spiro atoms. The molecule has 0 radical (unpaired) electrons. The summed E-state index contributed by atoms with van der Waals surface area (Å²) in [5.74, 6) is -0.903. The number of alkyl halides is 3. The number of rotatable bonds is 3. The Bertz CT molecular complexity index is 446. The predicted molar refractivity (Wildman–Crippen MR) is 53.9 cm³/mol. The fourth-order valence-corrected chi connectivity index (χ4v) is 2.40. The zero-order chi connectivity index (χ0) is 12.4. The van der Waals surface area contributed by atoms with E-state index in [0.29, 0.717) is 0 Å². The smallest absolute Gasteiger partial charge is 0.224 e. The third-order valence-electron chi connectivity index (χ3n) is 2.03. The van der Waals surface area contributed by atoms with Gasteiger partial charge < -0.3 is 0 Å². The molecule has 1 aromatic rings. The Morgan fingerprint density at radius 2 is 1.62 bits per heavy atom. The summed E-state index contributed by atoms with van der Waals surface area (Å²) < 4.78 is 58.7. The van der Waals surface area contributed by atoms with Crippen molar-refractivity contribution in [2.75, 3.05) is 5.75 Å². The van der Waals surface area contributed by atoms with Gasteiger partial charge in [-0.2, -0.15) is 13.2 Å². The first-order valence-electron chi connectivity index (χ1n) is 4.57. The van der Waals surface area contributed by atoms with Crippen molar-refractivity contribution in [3.63, 3.8) is 0 Å². The first-order valence-corrected chi connectivity index (χ1v) is 6.22. The maximum atomic E-state index is 11.9. The fraction of sp³-hybridized carbons (Fsp3) is 0.400. The van der Waals surface area contributed by atoms with E-state index in [9.17, 15) is 21.6 Å². The number of halogens is 3. The average molecular weight is 252 g/mol. The van der Waals surface area contributed by atoms with Crippen molar-refractivity contribution >= 4 is 9.84 Å². The summed E-state index contributed by atoms with van der Waals surface area (Å²) in [5.41, 5.74) is 0.856. The molecular formula is C10H11F3O2S. The van der Waals surface area contributed by atoms with E-state index in [4.69, 9.17) is 0 Å². The largest absolute Gasteiger partial charge is 0.390 e. The van der Waals surface area contributed by atoms with E-state index in [1.807, 2.05) is 0 Å². The van der Waals surface area contributed by atoms with Gasteiger partial charge >= 0.3 is 6.18 Å². The van der Waals surface area contributed by atoms with Gasteiger partial charge in [0.15, 0.2) is 9.84 Å². The lowest BCUT2D eigenvalue weighted by molar-refractivity contribution is -0.129. The normalized spacial score (nSPS) is 12.8. The van der Waals surface area contributed by atoms with E-state index in [2.05, 4.69) is 0 Å². The molecule has 0 amide bonds. The summed E-state index contributed by atoms with van der Waals surface area (Å²) in [7, 11) is -3.83. The molecule has 0 aliphatic heterocycles. The number of hydrogen-bond acceptors (Lipinski definition) is 2. The van der Waals surface area contributed by atoms with E-state index in [0.717, 1.165) is 5.56 Å². The van der Waals surface area contributed by atoms with Crippen LogP contribution in [0.25, 0.3) is 0 Å². The highest BCUT2D eigenvalue weighted by atomic mass is 32.2. The molecule has 0 fully saturated rings. The summed E-state index contributed by atoms with van der Waals surface area (Å²) >= 11 is 0. The highest BCUT2D eigenvalue weighted by molar-refractivity contribution is 7.91. The zero-order valence-corrected chi connectivity index (χ0v) is 9.40. The topological polar surface area (TPSA) is 34.1 Å². The van der Waals surface area contributed by atoms with Gasteiger partial charge in [0.05, 0.1) is 17.1 Å². The van der Waals surface area contributed by atoms with Crippen molar-refractivity contribution in [1.82, 2.24) is 0 Å². The fourth-order valence-electron chi connectivity index (χ4n) is 1.11. The summed E-state index contributed by atoms with van der Waals surface area (Å²) in [5, 5.41) is 0. The molecule has 0 unspecified atom stereocenters. The molecular weight excluding hydrogens is 241 g/mol. The quantitative estimate of drug-likeness (QED) is 0.828. The van der Waals surface area contributed by atoms with Crippen LogP contribution in [0, 0.1) is 6.92 Å². The van der Waals surface area contributed by atoms with Gasteiger partial charge in [-0.25, -0.2) is 8.42 Å². The Balaban J connectivity index is 2.83. The van der Waals surface area contributed by atoms with Crippen LogP contribution >= 0.6 is 0 Å². The van der Waals surface area contributed by atoms with Gasteiger partial charge in [0, 0.05) is 0 Å². The van der Waals surface area contributed by atoms with Crippen LogP contribution in [0.4, 0.5) is 13.2 Å². The Hall–Kier alpha value is -1.04. The Kier molecular flexibility index (Phi) is 3.62. The molecule has 0 aliphatic carbocycles. The summed E-state index contributed by atoms with van der Waals surface area (Å²) in [6, 6.07) is 5.75. The summed E-state index contributed by atoms with van der Waals surface area (Å²) in [6.45, 7) is 1.77. The van der Waals surface area contributed by atoms with Gasteiger partial charge in [0.25, 0.3) is 0 Å². The molecule has 16 heavy (non-hydrogen) atoms. The van der Waals surface area contributed by atoms with Crippen LogP contribution in [-0.4, -0.2) is 20.3 Å². The second-order valence-electron chi connectivity index (χ2n) is 3.50. The molecule has 0 N–H and O–H groups in total. The molecule has 0 saturated carbocycles. The minimum atomic E-state index is -4.45. The molecule has 0 heterocycles. The van der Waals surface area contributed by atoms with E-state index in [1.165, 1.54) is 12.1 Å². The Morgan fingerprint density at radius 3 is 2.06 bits per heavy atom. The van der Waals surface area contributed by atoms with Crippen LogP contribution in [0.1, 0.15) is 12.0 Å². The molecule has 0 aromatic heterocycles. The predicted octanol–water partition coefficient (Wildman–Crippen LogP) is 2.72. The molecule has 1 rings (SSSR count). The van der Waals surface area contributed by atoms with E-state index < -0.39 is 28.2 Å². The molecule has 1 aromatic carbocycles. The minimum Gasteiger partial charge on any atom is -0.224 e. The monoisotopic (exact) mass is 252 g/mol. The van der Waals surface area contributed by atoms with Gasteiger partial charge in [-0.15, -0.1) is 0 Å². The van der Waals surface area contributed by atoms with Crippen molar-refractivity contribution in [3.8, 4) is 0 Å². The lowest BCUT2D eigenvalue weighted by Gasteiger charge is -2.07. The van der Waals surface area contributed by atoms with Gasteiger partial charge in [-0.05, 0) is 19.1 Å². The Morgan fingerprint density at radius 1 is 1.12 bits per heavy atom. The van der Waals surface area contributed by atoms with Crippen LogP contribution in [0.5, 0.6) is 0 Å². The van der Waals surface area contributed by atoms with Crippen LogP contribution < -0.4 is 0 Å². The van der Waals surface area contributed by atoms with Crippen LogP contribution in [0.2, 0.25) is 0 Å². The lowest BCUT2D eigenvalue weighted by atomic mass is 10.2. The highest BCUT2D eigenvalue weighted by Gasteiger charge is 2.30. The zero-order valence-electron chi connectivity index (χ0n) is 8.58. The first kappa shape index (κ1) is 13.0. The SMILES string of the molecule is Cc1ccc(S(=O)(=O)CCC(F)(F)F)cc1. The number of hydrogen-bond donors (Lipinski definition) is 0. The number of sulfone groups is 1. The molecule has 0 aliphatic rings. The summed E-state index contributed by atoms with van der Waals surface area (Å²) in [6.07, 6.45) is -5.76. The third-order valence-corrected chi connectivity index (χ3v) is 3.77. The van der Waals surface area contributed by atoms with Crippen LogP contribution in [-0.2, 0) is 9.84 Å². The van der Waals surface area contributed by atoms with Gasteiger partial charge in [-0.3, -0.25) is 0 Å². The van der Waals surface area contributed by atoms with Gasteiger partial charge in [0.1, 0.15) is 0 Å². The van der Waals surface area contributed by atoms with E-state index >= 15 is 0 Å². The third kappa shape index (κ3) is 3.84. The maximum Gasteiger partial charge on any atom is 0.390 e. The molecule has 90 valence electrons. The van der Waals surface area contributed by atoms with Crippen LogP contribution in [0.3, 0.4) is 0 Å². The molecule has 0 atom stereocenters. The molecule has 0 saturated heterocycles. The maximum absolute atomic E-state index is 11.9.